The van der Waals surface area contributed by atoms with Crippen molar-refractivity contribution in [3.8, 4) is 11.5 Å². The predicted molar refractivity (Wildman–Crippen MR) is 99.4 cm³/mol. The Morgan fingerprint density at radius 3 is 2.40 bits per heavy atom. The number of anilines is 1. The molecule has 2 N–H and O–H groups in total. The van der Waals surface area contributed by atoms with Crippen molar-refractivity contribution in [2.24, 2.45) is 0 Å². The molecule has 0 aliphatic heterocycles. The average Bonchev–Trinajstić information content (AvgIpc) is 2.62. The molecule has 0 saturated heterocycles. The summed E-state index contributed by atoms with van der Waals surface area (Å²) in [5, 5.41) is 2.94. The van der Waals surface area contributed by atoms with E-state index in [2.05, 4.69) is 25.2 Å². The summed E-state index contributed by atoms with van der Waals surface area (Å²) in [6, 6.07) is 13.5. The van der Waals surface area contributed by atoms with E-state index in [9.17, 15) is 4.79 Å². The number of nitrogens with one attached hydrogen (secondary N) is 2. The summed E-state index contributed by atoms with van der Waals surface area (Å²) in [5.41, 5.74) is 3.08. The monoisotopic (exact) mass is 343 g/mol. The van der Waals surface area contributed by atoms with Gasteiger partial charge in [-0.3, -0.25) is 4.79 Å². The molecule has 2 aromatic rings. The lowest BCUT2D eigenvalue weighted by molar-refractivity contribution is -0.903. The Morgan fingerprint density at radius 1 is 1.08 bits per heavy atom. The van der Waals surface area contributed by atoms with Crippen molar-refractivity contribution in [3.63, 3.8) is 0 Å². The molecule has 1 unspecified atom stereocenters. The first-order valence-electron chi connectivity index (χ1n) is 8.46. The van der Waals surface area contributed by atoms with E-state index in [0.717, 1.165) is 35.8 Å². The first kappa shape index (κ1) is 18.8. The first-order chi connectivity index (χ1) is 12.0. The molecule has 0 spiro atoms. The van der Waals surface area contributed by atoms with Gasteiger partial charge in [0, 0.05) is 11.3 Å². The van der Waals surface area contributed by atoms with Gasteiger partial charge in [0.25, 0.3) is 5.91 Å². The van der Waals surface area contributed by atoms with Gasteiger partial charge in [0.2, 0.25) is 0 Å². The number of amides is 1. The molecule has 1 atom stereocenters. The summed E-state index contributed by atoms with van der Waals surface area (Å²) in [5.74, 6) is 1.63. The van der Waals surface area contributed by atoms with E-state index in [1.165, 1.54) is 10.5 Å². The van der Waals surface area contributed by atoms with Crippen LogP contribution in [0.5, 0.6) is 11.5 Å². The van der Waals surface area contributed by atoms with Crippen LogP contribution in [0.1, 0.15) is 18.1 Å². The predicted octanol–water partition coefficient (Wildman–Crippen LogP) is 2.06. The topological polar surface area (TPSA) is 52.0 Å². The molecule has 0 heterocycles. The van der Waals surface area contributed by atoms with Crippen LogP contribution in [-0.4, -0.2) is 33.2 Å². The van der Waals surface area contributed by atoms with Crippen LogP contribution in [-0.2, 0) is 11.3 Å². The number of carbonyl (C=O) groups excluding carboxylic acids is 1. The highest BCUT2D eigenvalue weighted by Crippen LogP contribution is 2.18. The van der Waals surface area contributed by atoms with Crippen molar-refractivity contribution < 1.29 is 19.2 Å². The minimum Gasteiger partial charge on any atom is -0.497 e. The van der Waals surface area contributed by atoms with Crippen LogP contribution < -0.4 is 19.7 Å². The second-order valence-corrected chi connectivity index (χ2v) is 6.05. The molecule has 0 aliphatic rings. The number of quaternary nitrogens is 1. The standard InChI is InChI=1S/C20H26N2O3/c1-5-22(13-16-12-15(2)6-11-19(16)25-4)14-20(23)21-17-7-9-18(24-3)10-8-17/h6-12H,5,13-14H2,1-4H3,(H,21,23)/p+1. The zero-order valence-corrected chi connectivity index (χ0v) is 15.4. The van der Waals surface area contributed by atoms with Gasteiger partial charge in [-0.2, -0.15) is 0 Å². The Labute approximate surface area is 149 Å². The van der Waals surface area contributed by atoms with E-state index >= 15 is 0 Å². The van der Waals surface area contributed by atoms with Crippen molar-refractivity contribution in [2.75, 3.05) is 32.6 Å². The molecule has 5 heteroatoms. The maximum absolute atomic E-state index is 12.4. The van der Waals surface area contributed by atoms with Crippen molar-refractivity contribution in [2.45, 2.75) is 20.4 Å². The second kappa shape index (κ2) is 9.08. The van der Waals surface area contributed by atoms with Gasteiger partial charge < -0.3 is 19.7 Å². The number of aryl methyl sites for hydroxylation is 1. The minimum absolute atomic E-state index is 0.00589. The highest BCUT2D eigenvalue weighted by atomic mass is 16.5. The number of benzene rings is 2. The van der Waals surface area contributed by atoms with E-state index in [1.54, 1.807) is 14.2 Å². The van der Waals surface area contributed by atoms with Gasteiger partial charge >= 0.3 is 0 Å². The Morgan fingerprint density at radius 2 is 1.80 bits per heavy atom. The molecule has 5 nitrogen and oxygen atoms in total. The molecule has 0 fully saturated rings. The summed E-state index contributed by atoms with van der Waals surface area (Å²) < 4.78 is 10.6. The van der Waals surface area contributed by atoms with Gasteiger partial charge in [0.05, 0.1) is 20.8 Å². The molecular weight excluding hydrogens is 316 g/mol. The lowest BCUT2D eigenvalue weighted by atomic mass is 10.1. The van der Waals surface area contributed by atoms with E-state index in [-0.39, 0.29) is 5.91 Å². The Kier molecular flexibility index (Phi) is 6.83. The summed E-state index contributed by atoms with van der Waals surface area (Å²) in [6.07, 6.45) is 0. The fraction of sp³-hybridized carbons (Fsp3) is 0.350. The largest absolute Gasteiger partial charge is 0.497 e. The van der Waals surface area contributed by atoms with Crippen molar-refractivity contribution in [1.29, 1.82) is 0 Å². The number of hydrogen-bond donors (Lipinski definition) is 2. The zero-order chi connectivity index (χ0) is 18.2. The zero-order valence-electron chi connectivity index (χ0n) is 15.4. The highest BCUT2D eigenvalue weighted by molar-refractivity contribution is 5.91. The van der Waals surface area contributed by atoms with Gasteiger partial charge in [-0.15, -0.1) is 0 Å². The molecule has 2 aromatic carbocycles. The van der Waals surface area contributed by atoms with Crippen LogP contribution in [0.2, 0.25) is 0 Å². The van der Waals surface area contributed by atoms with Crippen molar-refractivity contribution in [1.82, 2.24) is 0 Å². The van der Waals surface area contributed by atoms with Crippen molar-refractivity contribution >= 4 is 11.6 Å². The highest BCUT2D eigenvalue weighted by Gasteiger charge is 2.16. The summed E-state index contributed by atoms with van der Waals surface area (Å²) in [6.45, 7) is 6.15. The van der Waals surface area contributed by atoms with E-state index in [0.29, 0.717) is 6.54 Å². The van der Waals surface area contributed by atoms with Crippen LogP contribution in [0, 0.1) is 6.92 Å². The number of hydrogen-bond acceptors (Lipinski definition) is 3. The Hall–Kier alpha value is -2.53. The molecule has 0 radical (unpaired) electrons. The molecule has 134 valence electrons. The third kappa shape index (κ3) is 5.50. The maximum Gasteiger partial charge on any atom is 0.279 e. The van der Waals surface area contributed by atoms with Gasteiger partial charge in [-0.05, 0) is 50.2 Å². The quantitative estimate of drug-likeness (QED) is 0.771. The lowest BCUT2D eigenvalue weighted by Crippen LogP contribution is -3.11. The number of likely N-dealkylation sites (N-methyl/N-ethyl adjacent to an activating group) is 1. The summed E-state index contributed by atoms with van der Waals surface area (Å²) in [4.78, 5) is 13.5. The molecule has 0 bridgehead atoms. The smallest absolute Gasteiger partial charge is 0.279 e. The Balaban J connectivity index is 1.98. The van der Waals surface area contributed by atoms with Gasteiger partial charge in [-0.25, -0.2) is 0 Å². The number of rotatable bonds is 8. The lowest BCUT2D eigenvalue weighted by Gasteiger charge is -2.19. The molecule has 25 heavy (non-hydrogen) atoms. The molecule has 2 rings (SSSR count). The molecule has 0 aliphatic carbocycles. The second-order valence-electron chi connectivity index (χ2n) is 6.05. The van der Waals surface area contributed by atoms with Crippen molar-refractivity contribution in [3.05, 3.63) is 53.6 Å². The van der Waals surface area contributed by atoms with E-state index in [1.807, 2.05) is 36.4 Å². The van der Waals surface area contributed by atoms with E-state index in [4.69, 9.17) is 9.47 Å². The SMILES string of the molecule is CC[NH+](CC(=O)Nc1ccc(OC)cc1)Cc1cc(C)ccc1OC. The number of ether oxygens (including phenoxy) is 2. The van der Waals surface area contributed by atoms with Crippen LogP contribution >= 0.6 is 0 Å². The summed E-state index contributed by atoms with van der Waals surface area (Å²) >= 11 is 0. The molecule has 0 saturated carbocycles. The normalized spacial score (nSPS) is 11.7. The molecule has 1 amide bonds. The van der Waals surface area contributed by atoms with E-state index < -0.39 is 0 Å². The Bertz CT molecular complexity index is 699. The molecular formula is C20H27N2O3+. The van der Waals surface area contributed by atoms with Gasteiger partial charge in [0.15, 0.2) is 6.54 Å². The van der Waals surface area contributed by atoms with Gasteiger partial charge in [0.1, 0.15) is 18.0 Å². The fourth-order valence-electron chi connectivity index (χ4n) is 2.73. The van der Waals surface area contributed by atoms with Gasteiger partial charge in [-0.1, -0.05) is 11.6 Å². The number of methoxy groups -OCH3 is 2. The minimum atomic E-state index is -0.00589. The number of carbonyl (C=O) groups is 1. The maximum atomic E-state index is 12.4. The van der Waals surface area contributed by atoms with Crippen LogP contribution in [0.25, 0.3) is 0 Å². The average molecular weight is 343 g/mol. The summed E-state index contributed by atoms with van der Waals surface area (Å²) in [7, 11) is 3.30. The van der Waals surface area contributed by atoms with Crippen LogP contribution in [0.15, 0.2) is 42.5 Å². The van der Waals surface area contributed by atoms with Crippen LogP contribution in [0.4, 0.5) is 5.69 Å². The molecule has 0 aromatic heterocycles. The van der Waals surface area contributed by atoms with Crippen LogP contribution in [0.3, 0.4) is 0 Å². The third-order valence-electron chi connectivity index (χ3n) is 4.16. The third-order valence-corrected chi connectivity index (χ3v) is 4.16. The first-order valence-corrected chi connectivity index (χ1v) is 8.46. The fourth-order valence-corrected chi connectivity index (χ4v) is 2.73.